The summed E-state index contributed by atoms with van der Waals surface area (Å²) in [7, 11) is 0. The number of rotatable bonds is 1. The predicted molar refractivity (Wildman–Crippen MR) is 74.8 cm³/mol. The third-order valence-electron chi connectivity index (χ3n) is 2.94. The summed E-state index contributed by atoms with van der Waals surface area (Å²) < 4.78 is 0.893. The van der Waals surface area contributed by atoms with Gasteiger partial charge in [-0.15, -0.1) is 0 Å². The molecule has 0 atom stereocenters. The van der Waals surface area contributed by atoms with Crippen LogP contribution in [0.3, 0.4) is 0 Å². The maximum Gasteiger partial charge on any atom is 0.246 e. The number of fused-ring (bicyclic) bond motifs is 1. The zero-order valence-corrected chi connectivity index (χ0v) is 11.5. The van der Waals surface area contributed by atoms with Gasteiger partial charge in [0, 0.05) is 16.1 Å². The molecule has 0 bridgehead atoms. The van der Waals surface area contributed by atoms with Crippen LogP contribution in [0.5, 0.6) is 0 Å². The number of aromatic nitrogens is 1. The van der Waals surface area contributed by atoms with E-state index in [0.717, 1.165) is 21.1 Å². The van der Waals surface area contributed by atoms with Crippen LogP contribution < -0.4 is 10.2 Å². The van der Waals surface area contributed by atoms with E-state index in [1.165, 1.54) is 0 Å². The number of carbonyl (C=O) groups excluding carboxylic acids is 2. The van der Waals surface area contributed by atoms with E-state index in [1.807, 2.05) is 24.3 Å². The SMILES string of the molecule is O=C1CN(c2cccc3cc(Br)cnc23)CC(=O)N1. The molecular formula is C13H10BrN3O2. The molecule has 6 heteroatoms. The highest BCUT2D eigenvalue weighted by molar-refractivity contribution is 9.10. The topological polar surface area (TPSA) is 62.3 Å². The van der Waals surface area contributed by atoms with Gasteiger partial charge in [0.1, 0.15) is 0 Å². The third kappa shape index (κ3) is 2.31. The number of hydrogen-bond donors (Lipinski definition) is 1. The standard InChI is InChI=1S/C13H10BrN3O2/c14-9-4-8-2-1-3-10(13(8)15-5-9)17-6-11(18)16-12(19)7-17/h1-5H,6-7H2,(H,16,18,19). The number of piperazine rings is 1. The Labute approximate surface area is 117 Å². The molecule has 0 spiro atoms. The number of imide groups is 1. The quantitative estimate of drug-likeness (QED) is 0.808. The first-order chi connectivity index (χ1) is 9.13. The number of hydrogen-bond acceptors (Lipinski definition) is 4. The molecule has 5 nitrogen and oxygen atoms in total. The average Bonchev–Trinajstić information content (AvgIpc) is 2.36. The first kappa shape index (κ1) is 12.1. The van der Waals surface area contributed by atoms with Crippen LogP contribution in [0.1, 0.15) is 0 Å². The highest BCUT2D eigenvalue weighted by Crippen LogP contribution is 2.27. The number of anilines is 1. The Morgan fingerprint density at radius 2 is 1.95 bits per heavy atom. The smallest absolute Gasteiger partial charge is 0.246 e. The van der Waals surface area contributed by atoms with Crippen LogP contribution in [0.25, 0.3) is 10.9 Å². The maximum atomic E-state index is 11.4. The van der Waals surface area contributed by atoms with E-state index in [9.17, 15) is 9.59 Å². The van der Waals surface area contributed by atoms with Crippen LogP contribution in [0.2, 0.25) is 0 Å². The summed E-state index contributed by atoms with van der Waals surface area (Å²) in [5.74, 6) is -0.573. The number of amides is 2. The summed E-state index contributed by atoms with van der Waals surface area (Å²) >= 11 is 3.38. The molecule has 1 aromatic heterocycles. The number of nitrogens with one attached hydrogen (secondary N) is 1. The van der Waals surface area contributed by atoms with Crippen molar-refractivity contribution in [3.8, 4) is 0 Å². The van der Waals surface area contributed by atoms with E-state index in [4.69, 9.17) is 0 Å². The molecule has 1 aliphatic rings. The van der Waals surface area contributed by atoms with Crippen LogP contribution in [0, 0.1) is 0 Å². The Hall–Kier alpha value is -1.95. The van der Waals surface area contributed by atoms with E-state index in [0.29, 0.717) is 0 Å². The average molecular weight is 320 g/mol. The zero-order chi connectivity index (χ0) is 13.4. The van der Waals surface area contributed by atoms with Crippen LogP contribution in [-0.4, -0.2) is 29.9 Å². The molecule has 1 aliphatic heterocycles. The summed E-state index contributed by atoms with van der Waals surface area (Å²) in [4.78, 5) is 29.0. The number of pyridine rings is 1. The Balaban J connectivity index is 2.09. The van der Waals surface area contributed by atoms with Gasteiger partial charge in [0.15, 0.2) is 0 Å². The highest BCUT2D eigenvalue weighted by atomic mass is 79.9. The fourth-order valence-corrected chi connectivity index (χ4v) is 2.53. The molecule has 0 saturated carbocycles. The van der Waals surface area contributed by atoms with Crippen molar-refractivity contribution in [3.05, 3.63) is 34.9 Å². The van der Waals surface area contributed by atoms with Crippen LogP contribution in [0.4, 0.5) is 5.69 Å². The van der Waals surface area contributed by atoms with Crippen LogP contribution >= 0.6 is 15.9 Å². The summed E-state index contributed by atoms with van der Waals surface area (Å²) in [6.07, 6.45) is 1.71. The molecule has 1 aromatic carbocycles. The Morgan fingerprint density at radius 3 is 2.68 bits per heavy atom. The first-order valence-electron chi connectivity index (χ1n) is 5.75. The molecule has 1 saturated heterocycles. The predicted octanol–water partition coefficient (Wildman–Crippen LogP) is 1.46. The number of halogens is 1. The molecule has 96 valence electrons. The van der Waals surface area contributed by atoms with Gasteiger partial charge in [-0.3, -0.25) is 19.9 Å². The largest absolute Gasteiger partial charge is 0.351 e. The minimum atomic E-state index is -0.287. The Morgan fingerprint density at radius 1 is 1.21 bits per heavy atom. The van der Waals surface area contributed by atoms with E-state index < -0.39 is 0 Å². The number of para-hydroxylation sites is 1. The monoisotopic (exact) mass is 319 g/mol. The molecule has 3 rings (SSSR count). The number of nitrogens with zero attached hydrogens (tertiary/aromatic N) is 2. The van der Waals surface area contributed by atoms with Gasteiger partial charge < -0.3 is 4.90 Å². The Bertz CT molecular complexity index is 671. The van der Waals surface area contributed by atoms with Crippen molar-refractivity contribution in [3.63, 3.8) is 0 Å². The number of carbonyl (C=O) groups is 2. The minimum Gasteiger partial charge on any atom is -0.351 e. The van der Waals surface area contributed by atoms with Gasteiger partial charge in [-0.05, 0) is 28.1 Å². The van der Waals surface area contributed by atoms with Crippen molar-refractivity contribution in [2.45, 2.75) is 0 Å². The minimum absolute atomic E-state index is 0.169. The third-order valence-corrected chi connectivity index (χ3v) is 3.38. The summed E-state index contributed by atoms with van der Waals surface area (Å²) in [6, 6.07) is 7.66. The van der Waals surface area contributed by atoms with E-state index in [2.05, 4.69) is 26.2 Å². The Kier molecular flexibility index (Phi) is 2.94. The second kappa shape index (κ2) is 4.62. The molecule has 2 heterocycles. The fraction of sp³-hybridized carbons (Fsp3) is 0.154. The molecule has 1 fully saturated rings. The molecule has 0 radical (unpaired) electrons. The van der Waals surface area contributed by atoms with E-state index in [-0.39, 0.29) is 24.9 Å². The van der Waals surface area contributed by atoms with Gasteiger partial charge in [0.25, 0.3) is 0 Å². The van der Waals surface area contributed by atoms with Gasteiger partial charge >= 0.3 is 0 Å². The van der Waals surface area contributed by atoms with Crippen LogP contribution in [-0.2, 0) is 9.59 Å². The van der Waals surface area contributed by atoms with E-state index in [1.54, 1.807) is 11.1 Å². The number of benzene rings is 1. The van der Waals surface area contributed by atoms with Crippen molar-refractivity contribution in [2.24, 2.45) is 0 Å². The van der Waals surface area contributed by atoms with Crippen molar-refractivity contribution >= 4 is 44.3 Å². The van der Waals surface area contributed by atoms with E-state index >= 15 is 0 Å². The maximum absolute atomic E-state index is 11.4. The second-order valence-corrected chi connectivity index (χ2v) is 5.25. The fourth-order valence-electron chi connectivity index (χ4n) is 2.18. The first-order valence-corrected chi connectivity index (χ1v) is 6.55. The lowest BCUT2D eigenvalue weighted by atomic mass is 10.1. The van der Waals surface area contributed by atoms with Crippen LogP contribution in [0.15, 0.2) is 34.9 Å². The van der Waals surface area contributed by atoms with Crippen molar-refractivity contribution in [1.82, 2.24) is 10.3 Å². The van der Waals surface area contributed by atoms with Gasteiger partial charge in [0.2, 0.25) is 11.8 Å². The molecular weight excluding hydrogens is 310 g/mol. The molecule has 19 heavy (non-hydrogen) atoms. The molecule has 1 N–H and O–H groups in total. The second-order valence-electron chi connectivity index (χ2n) is 4.33. The lowest BCUT2D eigenvalue weighted by molar-refractivity contribution is -0.130. The van der Waals surface area contributed by atoms with Gasteiger partial charge in [-0.2, -0.15) is 0 Å². The van der Waals surface area contributed by atoms with Gasteiger partial charge in [0.05, 0.1) is 24.3 Å². The highest BCUT2D eigenvalue weighted by Gasteiger charge is 2.24. The lowest BCUT2D eigenvalue weighted by Gasteiger charge is -2.28. The zero-order valence-electron chi connectivity index (χ0n) is 9.89. The summed E-state index contributed by atoms with van der Waals surface area (Å²) in [5.41, 5.74) is 1.58. The molecule has 2 aromatic rings. The van der Waals surface area contributed by atoms with Crippen molar-refractivity contribution < 1.29 is 9.59 Å². The van der Waals surface area contributed by atoms with Gasteiger partial charge in [-0.25, -0.2) is 0 Å². The lowest BCUT2D eigenvalue weighted by Crippen LogP contribution is -2.51. The van der Waals surface area contributed by atoms with Gasteiger partial charge in [-0.1, -0.05) is 12.1 Å². The molecule has 0 unspecified atom stereocenters. The molecule has 2 amide bonds. The molecule has 0 aliphatic carbocycles. The summed E-state index contributed by atoms with van der Waals surface area (Å²) in [5, 5.41) is 3.25. The van der Waals surface area contributed by atoms with Crippen molar-refractivity contribution in [2.75, 3.05) is 18.0 Å². The summed E-state index contributed by atoms with van der Waals surface area (Å²) in [6.45, 7) is 0.338. The van der Waals surface area contributed by atoms with Crippen molar-refractivity contribution in [1.29, 1.82) is 0 Å². The normalized spacial score (nSPS) is 15.7.